The number of hydrogen-bond acceptors (Lipinski definition) is 5. The molecule has 1 aliphatic carbocycles. The Hall–Kier alpha value is -1.99. The summed E-state index contributed by atoms with van der Waals surface area (Å²) in [6, 6.07) is 6.68. The van der Waals surface area contributed by atoms with E-state index in [9.17, 15) is 9.18 Å². The van der Waals surface area contributed by atoms with Crippen molar-refractivity contribution >= 4 is 28.1 Å². The number of nitrogens with one attached hydrogen (secondary N) is 1. The predicted molar refractivity (Wildman–Crippen MR) is 102 cm³/mol. The van der Waals surface area contributed by atoms with Gasteiger partial charge >= 0.3 is 0 Å². The van der Waals surface area contributed by atoms with Gasteiger partial charge in [-0.05, 0) is 43.9 Å². The molecular formula is C19H23FN4OS. The van der Waals surface area contributed by atoms with Crippen molar-refractivity contribution in [3.63, 3.8) is 0 Å². The lowest BCUT2D eigenvalue weighted by molar-refractivity contribution is -0.117. The zero-order chi connectivity index (χ0) is 17.9. The van der Waals surface area contributed by atoms with Gasteiger partial charge in [0.05, 0.1) is 12.2 Å². The molecule has 0 atom stereocenters. The minimum Gasteiger partial charge on any atom is -0.369 e. The standard InChI is InChI=1S/C19H23FN4OS/c20-14-4-3-5-15(12-14)24-10-8-23(9-11-24)13-18(25)22-19-21-16-6-1-2-7-17(16)26-19/h3-5,12H,1-2,6-11,13H2,(H,21,22,25). The molecule has 5 nitrogen and oxygen atoms in total. The Balaban J connectivity index is 1.27. The van der Waals surface area contributed by atoms with Crippen molar-refractivity contribution in [3.05, 3.63) is 40.7 Å². The first-order valence-corrected chi connectivity index (χ1v) is 10.0. The average Bonchev–Trinajstić information content (AvgIpc) is 3.04. The van der Waals surface area contributed by atoms with Gasteiger partial charge in [-0.25, -0.2) is 9.37 Å². The third-order valence-corrected chi connectivity index (χ3v) is 6.08. The quantitative estimate of drug-likeness (QED) is 0.894. The second-order valence-electron chi connectivity index (χ2n) is 6.89. The first kappa shape index (κ1) is 17.4. The minimum atomic E-state index is -0.213. The van der Waals surface area contributed by atoms with Gasteiger partial charge in [-0.2, -0.15) is 0 Å². The van der Waals surface area contributed by atoms with Crippen LogP contribution in [0.2, 0.25) is 0 Å². The van der Waals surface area contributed by atoms with Crippen LogP contribution in [0.1, 0.15) is 23.4 Å². The molecule has 1 N–H and O–H groups in total. The van der Waals surface area contributed by atoms with Gasteiger partial charge in [0, 0.05) is 36.7 Å². The van der Waals surface area contributed by atoms with Crippen LogP contribution in [0.15, 0.2) is 24.3 Å². The molecule has 0 radical (unpaired) electrons. The van der Waals surface area contributed by atoms with Crippen molar-refractivity contribution in [1.82, 2.24) is 9.88 Å². The lowest BCUT2D eigenvalue weighted by atomic mass is 10.0. The number of halogens is 1. The van der Waals surface area contributed by atoms with Gasteiger partial charge in [0.2, 0.25) is 5.91 Å². The Labute approximate surface area is 156 Å². The van der Waals surface area contributed by atoms with Crippen molar-refractivity contribution in [1.29, 1.82) is 0 Å². The lowest BCUT2D eigenvalue weighted by Crippen LogP contribution is -2.48. The summed E-state index contributed by atoms with van der Waals surface area (Å²) in [5.74, 6) is -0.217. The summed E-state index contributed by atoms with van der Waals surface area (Å²) < 4.78 is 13.4. The van der Waals surface area contributed by atoms with E-state index in [0.717, 1.165) is 49.8 Å². The molecule has 1 fully saturated rings. The van der Waals surface area contributed by atoms with Gasteiger partial charge in [-0.3, -0.25) is 9.69 Å². The number of aromatic nitrogens is 1. The van der Waals surface area contributed by atoms with E-state index in [2.05, 4.69) is 20.1 Å². The van der Waals surface area contributed by atoms with Crippen LogP contribution in [0.5, 0.6) is 0 Å². The zero-order valence-electron chi connectivity index (χ0n) is 14.7. The Morgan fingerprint density at radius 1 is 1.19 bits per heavy atom. The normalized spacial score (nSPS) is 17.8. The molecule has 2 aliphatic rings. The Morgan fingerprint density at radius 2 is 2.00 bits per heavy atom. The van der Waals surface area contributed by atoms with Crippen molar-refractivity contribution in [2.24, 2.45) is 0 Å². The first-order chi connectivity index (χ1) is 12.7. The van der Waals surface area contributed by atoms with Crippen LogP contribution in [0.3, 0.4) is 0 Å². The highest BCUT2D eigenvalue weighted by molar-refractivity contribution is 7.15. The van der Waals surface area contributed by atoms with Crippen LogP contribution in [-0.4, -0.2) is 48.5 Å². The molecule has 26 heavy (non-hydrogen) atoms. The summed E-state index contributed by atoms with van der Waals surface area (Å²) in [7, 11) is 0. The van der Waals surface area contributed by atoms with Gasteiger partial charge in [-0.15, -0.1) is 11.3 Å². The summed E-state index contributed by atoms with van der Waals surface area (Å²) >= 11 is 1.62. The van der Waals surface area contributed by atoms with E-state index >= 15 is 0 Å². The number of aryl methyl sites for hydroxylation is 2. The Kier molecular flexibility index (Phi) is 5.17. The number of nitrogens with zero attached hydrogens (tertiary/aromatic N) is 3. The number of rotatable bonds is 4. The van der Waals surface area contributed by atoms with Crippen LogP contribution in [0.4, 0.5) is 15.2 Å². The van der Waals surface area contributed by atoms with Crippen molar-refractivity contribution in [3.8, 4) is 0 Å². The molecule has 1 aliphatic heterocycles. The minimum absolute atomic E-state index is 0.00435. The Morgan fingerprint density at radius 3 is 2.77 bits per heavy atom. The molecule has 1 saturated heterocycles. The van der Waals surface area contributed by atoms with E-state index in [1.807, 2.05) is 6.07 Å². The van der Waals surface area contributed by atoms with Crippen LogP contribution in [0.25, 0.3) is 0 Å². The maximum atomic E-state index is 13.4. The highest BCUT2D eigenvalue weighted by Crippen LogP contribution is 2.29. The summed E-state index contributed by atoms with van der Waals surface area (Å²) in [6.45, 7) is 3.54. The van der Waals surface area contributed by atoms with Gasteiger partial charge in [-0.1, -0.05) is 6.07 Å². The fourth-order valence-electron chi connectivity index (χ4n) is 3.60. The second kappa shape index (κ2) is 7.72. The van der Waals surface area contributed by atoms with Crippen LogP contribution in [-0.2, 0) is 17.6 Å². The first-order valence-electron chi connectivity index (χ1n) is 9.19. The van der Waals surface area contributed by atoms with E-state index in [4.69, 9.17) is 0 Å². The lowest BCUT2D eigenvalue weighted by Gasteiger charge is -2.35. The summed E-state index contributed by atoms with van der Waals surface area (Å²) in [5, 5.41) is 3.70. The molecule has 1 aromatic carbocycles. The largest absolute Gasteiger partial charge is 0.369 e. The van der Waals surface area contributed by atoms with Gasteiger partial charge in [0.25, 0.3) is 0 Å². The molecule has 0 unspecified atom stereocenters. The molecule has 1 amide bonds. The zero-order valence-corrected chi connectivity index (χ0v) is 15.5. The maximum Gasteiger partial charge on any atom is 0.240 e. The van der Waals surface area contributed by atoms with Crippen molar-refractivity contribution in [2.75, 3.05) is 42.9 Å². The molecular weight excluding hydrogens is 351 g/mol. The molecule has 7 heteroatoms. The highest BCUT2D eigenvalue weighted by atomic mass is 32.1. The maximum absolute atomic E-state index is 13.4. The molecule has 0 bridgehead atoms. The number of hydrogen-bond donors (Lipinski definition) is 1. The third kappa shape index (κ3) is 4.04. The number of fused-ring (bicyclic) bond motifs is 1. The number of carbonyl (C=O) groups excluding carboxylic acids is 1. The smallest absolute Gasteiger partial charge is 0.240 e. The number of carbonyl (C=O) groups is 1. The fraction of sp³-hybridized carbons (Fsp3) is 0.474. The van der Waals surface area contributed by atoms with Gasteiger partial charge < -0.3 is 10.2 Å². The third-order valence-electron chi connectivity index (χ3n) is 5.00. The molecule has 0 saturated carbocycles. The molecule has 2 heterocycles. The topological polar surface area (TPSA) is 48.5 Å². The molecule has 0 spiro atoms. The monoisotopic (exact) mass is 374 g/mol. The molecule has 2 aromatic rings. The number of amides is 1. The summed E-state index contributed by atoms with van der Waals surface area (Å²) in [5.41, 5.74) is 2.07. The number of piperazine rings is 1. The van der Waals surface area contributed by atoms with E-state index in [1.54, 1.807) is 23.5 Å². The van der Waals surface area contributed by atoms with Crippen LogP contribution in [0, 0.1) is 5.82 Å². The SMILES string of the molecule is O=C(CN1CCN(c2cccc(F)c2)CC1)Nc1nc2c(s1)CCCC2. The van der Waals surface area contributed by atoms with E-state index in [0.29, 0.717) is 6.54 Å². The van der Waals surface area contributed by atoms with Crippen LogP contribution >= 0.6 is 11.3 Å². The number of anilines is 2. The Bertz CT molecular complexity index is 762. The highest BCUT2D eigenvalue weighted by Gasteiger charge is 2.21. The second-order valence-corrected chi connectivity index (χ2v) is 7.97. The van der Waals surface area contributed by atoms with E-state index in [1.165, 1.54) is 29.5 Å². The summed E-state index contributed by atoms with van der Waals surface area (Å²) in [6.07, 6.45) is 4.53. The molecule has 4 rings (SSSR count). The van der Waals surface area contributed by atoms with Crippen molar-refractivity contribution < 1.29 is 9.18 Å². The average molecular weight is 374 g/mol. The van der Waals surface area contributed by atoms with E-state index in [-0.39, 0.29) is 11.7 Å². The van der Waals surface area contributed by atoms with Gasteiger partial charge in [0.1, 0.15) is 5.82 Å². The number of benzene rings is 1. The van der Waals surface area contributed by atoms with Crippen molar-refractivity contribution in [2.45, 2.75) is 25.7 Å². The molecule has 1 aromatic heterocycles. The predicted octanol–water partition coefficient (Wildman–Crippen LogP) is 2.92. The van der Waals surface area contributed by atoms with Gasteiger partial charge in [0.15, 0.2) is 5.13 Å². The van der Waals surface area contributed by atoms with E-state index < -0.39 is 0 Å². The number of thiazole rings is 1. The summed E-state index contributed by atoms with van der Waals surface area (Å²) in [4.78, 5) is 22.5. The molecule has 138 valence electrons. The fourth-order valence-corrected chi connectivity index (χ4v) is 4.67. The van der Waals surface area contributed by atoms with Crippen LogP contribution < -0.4 is 10.2 Å².